The Morgan fingerprint density at radius 2 is 1.81 bits per heavy atom. The molecule has 5 aromatic rings. The summed E-state index contributed by atoms with van der Waals surface area (Å²) in [6, 6.07) is 11.5. The van der Waals surface area contributed by atoms with Crippen LogP contribution in [0.5, 0.6) is 11.5 Å². The van der Waals surface area contributed by atoms with Gasteiger partial charge in [0.1, 0.15) is 10.5 Å². The maximum Gasteiger partial charge on any atom is 0.352 e. The molecule has 0 radical (unpaired) electrons. The summed E-state index contributed by atoms with van der Waals surface area (Å²) in [6.07, 6.45) is 0. The Bertz CT molecular complexity index is 1680. The minimum absolute atomic E-state index is 0.138. The Hall–Kier alpha value is -3.63. The quantitative estimate of drug-likeness (QED) is 0.295. The van der Waals surface area contributed by atoms with Crippen molar-refractivity contribution in [3.05, 3.63) is 90.6 Å². The highest BCUT2D eigenvalue weighted by Crippen LogP contribution is 2.29. The van der Waals surface area contributed by atoms with Crippen LogP contribution in [0, 0.1) is 5.82 Å². The van der Waals surface area contributed by atoms with Gasteiger partial charge in [-0.05, 0) is 55.1 Å². The first-order valence-corrected chi connectivity index (χ1v) is 12.6. The molecule has 0 saturated carbocycles. The molecule has 8 nitrogen and oxygen atoms in total. The zero-order valence-electron chi connectivity index (χ0n) is 19.5. The van der Waals surface area contributed by atoms with E-state index in [1.807, 2.05) is 26.0 Å². The largest absolute Gasteiger partial charge is 0.490 e. The topological polar surface area (TPSA) is 79.8 Å². The van der Waals surface area contributed by atoms with Crippen molar-refractivity contribution in [3.63, 3.8) is 0 Å². The molecule has 2 aromatic carbocycles. The van der Waals surface area contributed by atoms with E-state index >= 15 is 0 Å². The molecule has 3 aromatic heterocycles. The first kappa shape index (κ1) is 24.1. The fraction of sp³-hybridized carbons (Fsp3) is 0.240. The molecule has 0 unspecified atom stereocenters. The fourth-order valence-corrected chi connectivity index (χ4v) is 5.14. The van der Waals surface area contributed by atoms with Crippen molar-refractivity contribution in [2.45, 2.75) is 26.9 Å². The van der Waals surface area contributed by atoms with Crippen LogP contribution >= 0.6 is 22.9 Å². The van der Waals surface area contributed by atoms with E-state index in [-0.39, 0.29) is 35.0 Å². The molecule has 0 atom stereocenters. The number of thiophene rings is 1. The molecule has 0 bridgehead atoms. The third-order valence-corrected chi connectivity index (χ3v) is 6.95. The number of aromatic nitrogens is 4. The number of benzene rings is 2. The van der Waals surface area contributed by atoms with Gasteiger partial charge in [0.2, 0.25) is 5.78 Å². The molecule has 11 heteroatoms. The average molecular weight is 529 g/mol. The molecule has 186 valence electrons. The number of nitrogens with zero attached hydrogens (tertiary/aromatic N) is 4. The minimum atomic E-state index is -0.539. The molecule has 5 rings (SSSR count). The molecule has 0 saturated heterocycles. The van der Waals surface area contributed by atoms with Gasteiger partial charge in [-0.2, -0.15) is 0 Å². The molecular formula is C25H22ClFN4O4S. The standard InChI is InChI=1S/C25H22ClFN4O4S/c1-3-34-20-9-8-15(12-21(20)35-4-2)13-29-23(32)22-19(10-11-36-22)31-24(29)28-30(25(31)33)14-16-17(26)6-5-7-18(16)27/h5-12H,3-4,13-14H2,1-2H3. The highest BCUT2D eigenvalue weighted by atomic mass is 35.5. The lowest BCUT2D eigenvalue weighted by atomic mass is 10.2. The summed E-state index contributed by atoms with van der Waals surface area (Å²) in [7, 11) is 0. The Morgan fingerprint density at radius 3 is 2.56 bits per heavy atom. The Labute approximate surface area is 213 Å². The normalized spacial score (nSPS) is 11.4. The molecule has 0 aliphatic heterocycles. The number of fused-ring (bicyclic) bond motifs is 3. The van der Waals surface area contributed by atoms with Crippen LogP contribution in [-0.2, 0) is 13.1 Å². The van der Waals surface area contributed by atoms with Gasteiger partial charge in [0, 0.05) is 10.6 Å². The number of rotatable bonds is 8. The van der Waals surface area contributed by atoms with Crippen LogP contribution in [0.25, 0.3) is 16.0 Å². The van der Waals surface area contributed by atoms with E-state index in [0.717, 1.165) is 10.2 Å². The van der Waals surface area contributed by atoms with Crippen LogP contribution in [0.2, 0.25) is 5.02 Å². The van der Waals surface area contributed by atoms with Gasteiger partial charge in [-0.3, -0.25) is 9.36 Å². The van der Waals surface area contributed by atoms with Crippen LogP contribution in [0.4, 0.5) is 4.39 Å². The van der Waals surface area contributed by atoms with Gasteiger partial charge < -0.3 is 9.47 Å². The van der Waals surface area contributed by atoms with Gasteiger partial charge in [0.05, 0.1) is 31.8 Å². The van der Waals surface area contributed by atoms with E-state index in [4.69, 9.17) is 21.1 Å². The molecule has 0 fully saturated rings. The number of halogens is 2. The molecule has 0 aliphatic rings. The third-order valence-electron chi connectivity index (χ3n) is 5.71. The van der Waals surface area contributed by atoms with Crippen molar-refractivity contribution >= 4 is 38.9 Å². The third kappa shape index (κ3) is 4.16. The summed E-state index contributed by atoms with van der Waals surface area (Å²) in [6.45, 7) is 4.66. The van der Waals surface area contributed by atoms with Crippen molar-refractivity contribution < 1.29 is 13.9 Å². The predicted octanol–water partition coefficient (Wildman–Crippen LogP) is 4.56. The summed E-state index contributed by atoms with van der Waals surface area (Å²) in [5.41, 5.74) is 0.589. The second kappa shape index (κ2) is 9.79. The summed E-state index contributed by atoms with van der Waals surface area (Å²) in [5.74, 6) is 0.782. The summed E-state index contributed by atoms with van der Waals surface area (Å²) >= 11 is 7.43. The maximum atomic E-state index is 14.4. The van der Waals surface area contributed by atoms with Crippen molar-refractivity contribution in [1.82, 2.24) is 18.7 Å². The number of hydrogen-bond donors (Lipinski definition) is 0. The van der Waals surface area contributed by atoms with Gasteiger partial charge in [0.15, 0.2) is 11.5 Å². The van der Waals surface area contributed by atoms with Gasteiger partial charge >= 0.3 is 5.69 Å². The first-order valence-electron chi connectivity index (χ1n) is 11.3. The van der Waals surface area contributed by atoms with Crippen LogP contribution in [0.1, 0.15) is 25.0 Å². The van der Waals surface area contributed by atoms with Gasteiger partial charge in [-0.25, -0.2) is 18.3 Å². The van der Waals surface area contributed by atoms with E-state index in [1.54, 1.807) is 23.6 Å². The molecule has 0 aliphatic carbocycles. The molecule has 0 amide bonds. The minimum Gasteiger partial charge on any atom is -0.490 e. The zero-order valence-corrected chi connectivity index (χ0v) is 21.1. The fourth-order valence-electron chi connectivity index (χ4n) is 4.09. The lowest BCUT2D eigenvalue weighted by Gasteiger charge is -2.13. The van der Waals surface area contributed by atoms with Crippen LogP contribution in [-0.4, -0.2) is 32.0 Å². The van der Waals surface area contributed by atoms with E-state index in [0.29, 0.717) is 34.9 Å². The maximum absolute atomic E-state index is 14.4. The zero-order chi connectivity index (χ0) is 25.4. The Kier molecular flexibility index (Phi) is 6.55. The molecule has 36 heavy (non-hydrogen) atoms. The van der Waals surface area contributed by atoms with Crippen molar-refractivity contribution in [2.24, 2.45) is 0 Å². The van der Waals surface area contributed by atoms with E-state index in [2.05, 4.69) is 5.10 Å². The van der Waals surface area contributed by atoms with Crippen LogP contribution < -0.4 is 20.7 Å². The van der Waals surface area contributed by atoms with Gasteiger partial charge in [0.25, 0.3) is 5.56 Å². The number of ether oxygens (including phenoxy) is 2. The predicted molar refractivity (Wildman–Crippen MR) is 137 cm³/mol. The molecule has 0 N–H and O–H groups in total. The second-order valence-corrected chi connectivity index (χ2v) is 9.27. The Morgan fingerprint density at radius 1 is 1.03 bits per heavy atom. The second-order valence-electron chi connectivity index (χ2n) is 7.95. The summed E-state index contributed by atoms with van der Waals surface area (Å²) in [5, 5.41) is 6.37. The highest BCUT2D eigenvalue weighted by molar-refractivity contribution is 7.17. The van der Waals surface area contributed by atoms with E-state index in [9.17, 15) is 14.0 Å². The molecule has 0 spiro atoms. The van der Waals surface area contributed by atoms with Crippen molar-refractivity contribution in [1.29, 1.82) is 0 Å². The van der Waals surface area contributed by atoms with Crippen molar-refractivity contribution in [2.75, 3.05) is 13.2 Å². The highest BCUT2D eigenvalue weighted by Gasteiger charge is 2.20. The monoisotopic (exact) mass is 528 g/mol. The summed E-state index contributed by atoms with van der Waals surface area (Å²) < 4.78 is 30.1. The van der Waals surface area contributed by atoms with Crippen LogP contribution in [0.15, 0.2) is 57.4 Å². The van der Waals surface area contributed by atoms with E-state index < -0.39 is 11.5 Å². The van der Waals surface area contributed by atoms with Crippen LogP contribution in [0.3, 0.4) is 0 Å². The van der Waals surface area contributed by atoms with E-state index in [1.165, 1.54) is 32.4 Å². The van der Waals surface area contributed by atoms with Gasteiger partial charge in [-0.15, -0.1) is 16.4 Å². The number of hydrogen-bond acceptors (Lipinski definition) is 6. The van der Waals surface area contributed by atoms with Crippen molar-refractivity contribution in [3.8, 4) is 11.5 Å². The van der Waals surface area contributed by atoms with Gasteiger partial charge in [-0.1, -0.05) is 23.7 Å². The first-order chi connectivity index (χ1) is 17.4. The lowest BCUT2D eigenvalue weighted by molar-refractivity contribution is 0.287. The molecular weight excluding hydrogens is 507 g/mol. The molecule has 3 heterocycles. The smallest absolute Gasteiger partial charge is 0.352 e. The summed E-state index contributed by atoms with van der Waals surface area (Å²) in [4.78, 5) is 26.8. The SMILES string of the molecule is CCOc1ccc(Cn2c(=O)c3sccc3n3c(=O)n(Cc4c(F)cccc4Cl)nc23)cc1OCC. The average Bonchev–Trinajstić information content (AvgIpc) is 3.46. The Balaban J connectivity index is 1.67. The lowest BCUT2D eigenvalue weighted by Crippen LogP contribution is -2.26.